The molecule has 2 N–H and O–H groups in total. The number of ether oxygens (including phenoxy) is 3. The maximum Gasteiger partial charge on any atom is 0.408 e. The zero-order chi connectivity index (χ0) is 27.7. The number of carbonyl (C=O) groups excluding carboxylic acids is 2. The molecular formula is C26H36N4O7. The van der Waals surface area contributed by atoms with Crippen LogP contribution in [0.25, 0.3) is 10.9 Å². The number of carboxylic acids is 1. The molecule has 202 valence electrons. The summed E-state index contributed by atoms with van der Waals surface area (Å²) >= 11 is 0. The van der Waals surface area contributed by atoms with Crippen molar-refractivity contribution in [2.75, 3.05) is 13.7 Å². The number of aryl methyl sites for hydroxylation is 1. The lowest BCUT2D eigenvalue weighted by Crippen LogP contribution is -2.57. The van der Waals surface area contributed by atoms with Gasteiger partial charge in [0.1, 0.15) is 35.4 Å². The average Bonchev–Trinajstić information content (AvgIpc) is 3.19. The Morgan fingerprint density at radius 2 is 1.81 bits per heavy atom. The van der Waals surface area contributed by atoms with Crippen LogP contribution in [0.15, 0.2) is 18.2 Å². The first-order valence-electron chi connectivity index (χ1n) is 12.1. The van der Waals surface area contributed by atoms with E-state index in [2.05, 4.69) is 15.3 Å². The summed E-state index contributed by atoms with van der Waals surface area (Å²) in [5.74, 6) is -0.318. The number of rotatable bonds is 6. The van der Waals surface area contributed by atoms with Crippen molar-refractivity contribution in [3.05, 3.63) is 24.0 Å². The summed E-state index contributed by atoms with van der Waals surface area (Å²) in [4.78, 5) is 48.4. The quantitative estimate of drug-likeness (QED) is 0.591. The van der Waals surface area contributed by atoms with E-state index in [1.165, 1.54) is 4.90 Å². The fourth-order valence-electron chi connectivity index (χ4n) is 4.17. The van der Waals surface area contributed by atoms with Gasteiger partial charge >= 0.3 is 12.1 Å². The van der Waals surface area contributed by atoms with Gasteiger partial charge in [-0.1, -0.05) is 20.8 Å². The van der Waals surface area contributed by atoms with Crippen molar-refractivity contribution in [2.24, 2.45) is 5.41 Å². The first-order chi connectivity index (χ1) is 17.1. The predicted molar refractivity (Wildman–Crippen MR) is 136 cm³/mol. The smallest absolute Gasteiger partial charge is 0.408 e. The minimum Gasteiger partial charge on any atom is -0.497 e. The van der Waals surface area contributed by atoms with Crippen LogP contribution in [0.5, 0.6) is 11.6 Å². The van der Waals surface area contributed by atoms with Gasteiger partial charge in [0.05, 0.1) is 24.6 Å². The molecule has 0 bridgehead atoms. The van der Waals surface area contributed by atoms with Crippen LogP contribution in [0.4, 0.5) is 4.79 Å². The van der Waals surface area contributed by atoms with E-state index in [1.54, 1.807) is 73.8 Å². The molecule has 1 aromatic heterocycles. The molecule has 1 aliphatic heterocycles. The molecule has 2 amide bonds. The molecule has 2 heterocycles. The van der Waals surface area contributed by atoms with Gasteiger partial charge in [-0.3, -0.25) is 4.79 Å². The Balaban J connectivity index is 1.88. The number of carbonyl (C=O) groups is 3. The predicted octanol–water partition coefficient (Wildman–Crippen LogP) is 3.32. The van der Waals surface area contributed by atoms with Crippen molar-refractivity contribution in [1.29, 1.82) is 0 Å². The van der Waals surface area contributed by atoms with Crippen molar-refractivity contribution < 1.29 is 33.7 Å². The maximum atomic E-state index is 13.7. The zero-order valence-corrected chi connectivity index (χ0v) is 22.6. The normalized spacial score (nSPS) is 18.9. The van der Waals surface area contributed by atoms with Gasteiger partial charge in [-0.2, -0.15) is 4.98 Å². The number of hydrogen-bond acceptors (Lipinski definition) is 8. The molecular weight excluding hydrogens is 480 g/mol. The number of methoxy groups -OCH3 is 1. The summed E-state index contributed by atoms with van der Waals surface area (Å²) in [6.45, 7) is 12.3. The second-order valence-electron chi connectivity index (χ2n) is 11.2. The van der Waals surface area contributed by atoms with E-state index in [4.69, 9.17) is 14.2 Å². The summed E-state index contributed by atoms with van der Waals surface area (Å²) in [5, 5.41) is 13.2. The van der Waals surface area contributed by atoms with Crippen LogP contribution in [0.2, 0.25) is 0 Å². The highest BCUT2D eigenvalue weighted by molar-refractivity contribution is 5.90. The van der Waals surface area contributed by atoms with Gasteiger partial charge in [-0.15, -0.1) is 0 Å². The molecule has 1 aromatic carbocycles. The van der Waals surface area contributed by atoms with Crippen molar-refractivity contribution >= 4 is 28.9 Å². The van der Waals surface area contributed by atoms with Gasteiger partial charge in [0.15, 0.2) is 0 Å². The lowest BCUT2D eigenvalue weighted by Gasteiger charge is -2.35. The number of carboxylic acid groups (broad SMARTS) is 1. The standard InChI is InChI=1S/C26H36N4O7/c1-14-27-18-10-9-15(35-8)11-17(18)21(28-14)36-16-12-19(23(32)33)30(13-16)22(31)20(25(2,3)4)29-24(34)37-26(5,6)7/h9-11,16,19-20H,12-13H2,1-8H3,(H,29,34)(H,32,33)/t16-,19?,20-/m1/s1. The third-order valence-electron chi connectivity index (χ3n) is 5.86. The first kappa shape index (κ1) is 27.9. The van der Waals surface area contributed by atoms with Crippen LogP contribution in [-0.4, -0.2) is 75.4 Å². The molecule has 0 radical (unpaired) electrons. The summed E-state index contributed by atoms with van der Waals surface area (Å²) in [6.07, 6.45) is -1.34. The topological polar surface area (TPSA) is 140 Å². The number of amides is 2. The number of hydrogen-bond donors (Lipinski definition) is 2. The number of benzene rings is 1. The molecule has 0 spiro atoms. The number of alkyl carbamates (subject to hydrolysis) is 1. The number of fused-ring (bicyclic) bond motifs is 1. The SMILES string of the molecule is COc1ccc2nc(C)nc(O[C@@H]3CC(C(=O)O)N(C(=O)[C@@H](NC(=O)OC(C)(C)C)C(C)(C)C)C3)c2c1. The van der Waals surface area contributed by atoms with Gasteiger partial charge < -0.3 is 29.5 Å². The molecule has 11 heteroatoms. The fraction of sp³-hybridized carbons (Fsp3) is 0.577. The molecule has 3 atom stereocenters. The van der Waals surface area contributed by atoms with E-state index in [0.717, 1.165) is 0 Å². The molecule has 0 saturated carbocycles. The van der Waals surface area contributed by atoms with Crippen molar-refractivity contribution in [3.63, 3.8) is 0 Å². The third kappa shape index (κ3) is 6.78. The minimum absolute atomic E-state index is 0.00684. The van der Waals surface area contributed by atoms with Gasteiger partial charge in [0, 0.05) is 6.42 Å². The molecule has 37 heavy (non-hydrogen) atoms. The van der Waals surface area contributed by atoms with Crippen molar-refractivity contribution in [1.82, 2.24) is 20.2 Å². The molecule has 11 nitrogen and oxygen atoms in total. The van der Waals surface area contributed by atoms with Gasteiger partial charge in [0.25, 0.3) is 0 Å². The maximum absolute atomic E-state index is 13.7. The summed E-state index contributed by atoms with van der Waals surface area (Å²) in [5.41, 5.74) is -0.822. The molecule has 0 aliphatic carbocycles. The Hall–Kier alpha value is -3.63. The number of aromatic nitrogens is 2. The largest absolute Gasteiger partial charge is 0.497 e. The average molecular weight is 517 g/mol. The number of nitrogens with zero attached hydrogens (tertiary/aromatic N) is 3. The molecule has 1 saturated heterocycles. The Morgan fingerprint density at radius 1 is 1.14 bits per heavy atom. The highest BCUT2D eigenvalue weighted by atomic mass is 16.6. The van der Waals surface area contributed by atoms with Crippen molar-refractivity contribution in [2.45, 2.75) is 78.7 Å². The van der Waals surface area contributed by atoms with E-state index < -0.39 is 47.2 Å². The zero-order valence-electron chi connectivity index (χ0n) is 22.6. The molecule has 2 aromatic rings. The van der Waals surface area contributed by atoms with E-state index in [0.29, 0.717) is 22.5 Å². The molecule has 1 fully saturated rings. The summed E-state index contributed by atoms with van der Waals surface area (Å²) < 4.78 is 16.8. The highest BCUT2D eigenvalue weighted by Gasteiger charge is 2.46. The number of nitrogens with one attached hydrogen (secondary N) is 1. The molecule has 1 unspecified atom stereocenters. The van der Waals surface area contributed by atoms with Crippen LogP contribution in [0.1, 0.15) is 53.8 Å². The fourth-order valence-corrected chi connectivity index (χ4v) is 4.17. The Morgan fingerprint density at radius 3 is 2.38 bits per heavy atom. The summed E-state index contributed by atoms with van der Waals surface area (Å²) in [7, 11) is 1.55. The monoisotopic (exact) mass is 516 g/mol. The number of aliphatic carboxylic acids is 1. The Kier molecular flexibility index (Phi) is 7.85. The van der Waals surface area contributed by atoms with E-state index in [1.807, 2.05) is 0 Å². The third-order valence-corrected chi connectivity index (χ3v) is 5.86. The Labute approximate surface area is 216 Å². The van der Waals surface area contributed by atoms with Crippen molar-refractivity contribution in [3.8, 4) is 11.6 Å². The highest BCUT2D eigenvalue weighted by Crippen LogP contribution is 2.31. The van der Waals surface area contributed by atoms with Gasteiger partial charge in [-0.05, 0) is 51.3 Å². The van der Waals surface area contributed by atoms with E-state index in [-0.39, 0.29) is 18.8 Å². The second kappa shape index (κ2) is 10.4. The van der Waals surface area contributed by atoms with Crippen LogP contribution >= 0.6 is 0 Å². The lowest BCUT2D eigenvalue weighted by atomic mass is 9.85. The van der Waals surface area contributed by atoms with Crippen LogP contribution in [-0.2, 0) is 14.3 Å². The number of likely N-dealkylation sites (tertiary alicyclic amines) is 1. The van der Waals surface area contributed by atoms with E-state index >= 15 is 0 Å². The first-order valence-corrected chi connectivity index (χ1v) is 12.1. The molecule has 1 aliphatic rings. The van der Waals surface area contributed by atoms with Gasteiger partial charge in [0.2, 0.25) is 11.8 Å². The Bertz CT molecular complexity index is 1190. The summed E-state index contributed by atoms with van der Waals surface area (Å²) in [6, 6.07) is 3.16. The van der Waals surface area contributed by atoms with Crippen LogP contribution in [0, 0.1) is 12.3 Å². The lowest BCUT2D eigenvalue weighted by molar-refractivity contribution is -0.150. The molecule has 3 rings (SSSR count). The second-order valence-corrected chi connectivity index (χ2v) is 11.2. The minimum atomic E-state index is -1.16. The van der Waals surface area contributed by atoms with E-state index in [9.17, 15) is 19.5 Å². The van der Waals surface area contributed by atoms with Gasteiger partial charge in [-0.25, -0.2) is 14.6 Å². The van der Waals surface area contributed by atoms with Crippen LogP contribution < -0.4 is 14.8 Å². The van der Waals surface area contributed by atoms with Crippen LogP contribution in [0.3, 0.4) is 0 Å².